The van der Waals surface area contributed by atoms with Gasteiger partial charge in [-0.05, 0) is 6.92 Å². The van der Waals surface area contributed by atoms with Crippen molar-refractivity contribution in [2.45, 2.75) is 13.0 Å². The minimum Gasteiger partial charge on any atom is -0.394 e. The lowest BCUT2D eigenvalue weighted by Crippen LogP contribution is -2.44. The molecule has 0 spiro atoms. The van der Waals surface area contributed by atoms with Crippen molar-refractivity contribution in [1.82, 2.24) is 5.32 Å². The van der Waals surface area contributed by atoms with Gasteiger partial charge in [-0.25, -0.2) is 0 Å². The molecule has 0 aliphatic rings. The van der Waals surface area contributed by atoms with Crippen molar-refractivity contribution in [3.63, 3.8) is 0 Å². The number of nitrogens with zero attached hydrogens (tertiary/aromatic N) is 1. The van der Waals surface area contributed by atoms with E-state index < -0.39 is 6.04 Å². The van der Waals surface area contributed by atoms with Crippen LogP contribution in [0.25, 0.3) is 0 Å². The van der Waals surface area contributed by atoms with E-state index >= 15 is 0 Å². The van der Waals surface area contributed by atoms with Gasteiger partial charge in [-0.3, -0.25) is 4.99 Å². The first kappa shape index (κ1) is 10.2. The summed E-state index contributed by atoms with van der Waals surface area (Å²) in [6, 6.07) is -0.412. The third kappa shape index (κ3) is 4.58. The number of rotatable bonds is 4. The van der Waals surface area contributed by atoms with E-state index in [-0.39, 0.29) is 19.2 Å². The fourth-order valence-electron chi connectivity index (χ4n) is 0.574. The number of aliphatic hydroxyl groups is 2. The number of aliphatic hydroxyl groups excluding tert-OH is 2. The van der Waals surface area contributed by atoms with Gasteiger partial charge in [0, 0.05) is 6.54 Å². The number of guanidine groups is 1. The molecule has 5 N–H and O–H groups in total. The van der Waals surface area contributed by atoms with Crippen LogP contribution in [0.2, 0.25) is 0 Å². The summed E-state index contributed by atoms with van der Waals surface area (Å²) in [7, 11) is 0. The number of aliphatic imine (C=N–C) groups is 1. The zero-order chi connectivity index (χ0) is 8.69. The molecule has 0 saturated heterocycles. The van der Waals surface area contributed by atoms with Gasteiger partial charge >= 0.3 is 0 Å². The van der Waals surface area contributed by atoms with Gasteiger partial charge in [0.25, 0.3) is 0 Å². The lowest BCUT2D eigenvalue weighted by Gasteiger charge is -2.13. The van der Waals surface area contributed by atoms with Crippen LogP contribution in [0.4, 0.5) is 0 Å². The molecular weight excluding hydrogens is 146 g/mol. The smallest absolute Gasteiger partial charge is 0.188 e. The van der Waals surface area contributed by atoms with E-state index in [1.54, 1.807) is 0 Å². The van der Waals surface area contributed by atoms with Gasteiger partial charge in [-0.15, -0.1) is 0 Å². The highest BCUT2D eigenvalue weighted by atomic mass is 16.3. The molecule has 0 aromatic carbocycles. The Hall–Kier alpha value is -0.810. The minimum absolute atomic E-state index is 0.156. The summed E-state index contributed by atoms with van der Waals surface area (Å²) >= 11 is 0. The lowest BCUT2D eigenvalue weighted by atomic mass is 10.3. The Bertz CT molecular complexity index is 123. The van der Waals surface area contributed by atoms with Crippen molar-refractivity contribution in [1.29, 1.82) is 0 Å². The van der Waals surface area contributed by atoms with Crippen LogP contribution in [0.5, 0.6) is 0 Å². The topological polar surface area (TPSA) is 90.9 Å². The lowest BCUT2D eigenvalue weighted by molar-refractivity contribution is 0.183. The van der Waals surface area contributed by atoms with Crippen molar-refractivity contribution in [3.05, 3.63) is 0 Å². The molecule has 0 unspecified atom stereocenters. The summed E-state index contributed by atoms with van der Waals surface area (Å²) in [4.78, 5) is 3.82. The molecule has 0 bridgehead atoms. The minimum atomic E-state index is -0.412. The van der Waals surface area contributed by atoms with E-state index in [0.29, 0.717) is 6.54 Å². The average molecular weight is 161 g/mol. The van der Waals surface area contributed by atoms with Crippen LogP contribution < -0.4 is 11.1 Å². The molecule has 0 fully saturated rings. The Kier molecular flexibility index (Phi) is 5.50. The zero-order valence-electron chi connectivity index (χ0n) is 6.62. The molecular formula is C6H15N3O2. The molecule has 11 heavy (non-hydrogen) atoms. The summed E-state index contributed by atoms with van der Waals surface area (Å²) in [6.07, 6.45) is 0. The largest absolute Gasteiger partial charge is 0.394 e. The first-order valence-electron chi connectivity index (χ1n) is 3.52. The van der Waals surface area contributed by atoms with Crippen molar-refractivity contribution in [2.75, 3.05) is 19.8 Å². The predicted molar refractivity (Wildman–Crippen MR) is 43.3 cm³/mol. The first-order chi connectivity index (χ1) is 5.24. The normalized spacial score (nSPS) is 12.2. The van der Waals surface area contributed by atoms with E-state index in [9.17, 15) is 0 Å². The molecule has 0 radical (unpaired) electrons. The fraction of sp³-hybridized carbons (Fsp3) is 0.833. The van der Waals surface area contributed by atoms with Crippen LogP contribution in [-0.2, 0) is 0 Å². The van der Waals surface area contributed by atoms with Gasteiger partial charge in [0.15, 0.2) is 5.96 Å². The summed E-state index contributed by atoms with van der Waals surface area (Å²) in [5.41, 5.74) is 5.35. The van der Waals surface area contributed by atoms with Crippen LogP contribution in [0.15, 0.2) is 4.99 Å². The summed E-state index contributed by atoms with van der Waals surface area (Å²) < 4.78 is 0. The molecule has 0 saturated carbocycles. The van der Waals surface area contributed by atoms with Gasteiger partial charge in [0.2, 0.25) is 0 Å². The number of nitrogens with one attached hydrogen (secondary N) is 1. The highest BCUT2D eigenvalue weighted by Gasteiger charge is 2.04. The van der Waals surface area contributed by atoms with Crippen molar-refractivity contribution < 1.29 is 10.2 Å². The maximum atomic E-state index is 8.61. The molecule has 0 aliphatic carbocycles. The summed E-state index contributed by atoms with van der Waals surface area (Å²) in [6.45, 7) is 2.12. The van der Waals surface area contributed by atoms with Crippen LogP contribution in [-0.4, -0.2) is 42.0 Å². The Morgan fingerprint density at radius 1 is 1.55 bits per heavy atom. The third-order valence-corrected chi connectivity index (χ3v) is 1.12. The highest BCUT2D eigenvalue weighted by molar-refractivity contribution is 5.78. The average Bonchev–Trinajstić information content (AvgIpc) is 2.01. The van der Waals surface area contributed by atoms with E-state index in [0.717, 1.165) is 0 Å². The molecule has 0 aromatic heterocycles. The maximum Gasteiger partial charge on any atom is 0.188 e. The van der Waals surface area contributed by atoms with E-state index in [1.165, 1.54) is 0 Å². The molecule has 0 heterocycles. The zero-order valence-corrected chi connectivity index (χ0v) is 6.62. The Balaban J connectivity index is 3.71. The number of hydrogen-bond donors (Lipinski definition) is 4. The van der Waals surface area contributed by atoms with E-state index in [2.05, 4.69) is 10.3 Å². The first-order valence-corrected chi connectivity index (χ1v) is 3.52. The van der Waals surface area contributed by atoms with Gasteiger partial charge in [0.05, 0.1) is 19.3 Å². The number of nitrogens with two attached hydrogens (primary N) is 1. The Labute approximate surface area is 65.9 Å². The summed E-state index contributed by atoms with van der Waals surface area (Å²) in [5, 5.41) is 19.9. The maximum absolute atomic E-state index is 8.61. The standard InChI is InChI=1S/C6H15N3O2/c1-2-8-6(7)9-5(3-10)4-11/h5,10-11H,2-4H2,1H3,(H3,7,8,9). The quantitative estimate of drug-likeness (QED) is 0.291. The Morgan fingerprint density at radius 2 is 2.09 bits per heavy atom. The van der Waals surface area contributed by atoms with E-state index in [1.807, 2.05) is 6.92 Å². The van der Waals surface area contributed by atoms with Gasteiger partial charge in [-0.1, -0.05) is 0 Å². The number of hydrogen-bond acceptors (Lipinski definition) is 3. The van der Waals surface area contributed by atoms with Crippen molar-refractivity contribution in [3.8, 4) is 0 Å². The van der Waals surface area contributed by atoms with Crippen LogP contribution >= 0.6 is 0 Å². The molecule has 0 rings (SSSR count). The Morgan fingerprint density at radius 3 is 2.45 bits per heavy atom. The highest BCUT2D eigenvalue weighted by Crippen LogP contribution is 1.78. The molecule has 5 nitrogen and oxygen atoms in total. The third-order valence-electron chi connectivity index (χ3n) is 1.12. The second-order valence-corrected chi connectivity index (χ2v) is 2.07. The predicted octanol–water partition coefficient (Wildman–Crippen LogP) is -1.74. The fourth-order valence-corrected chi connectivity index (χ4v) is 0.574. The van der Waals surface area contributed by atoms with Gasteiger partial charge in [-0.2, -0.15) is 0 Å². The SMILES string of the molecule is CCN=C(N)NC(CO)CO. The molecule has 0 aromatic rings. The van der Waals surface area contributed by atoms with Crippen LogP contribution in [0.3, 0.4) is 0 Å². The molecule has 5 heteroatoms. The molecule has 0 amide bonds. The van der Waals surface area contributed by atoms with Gasteiger partial charge < -0.3 is 21.3 Å². The van der Waals surface area contributed by atoms with Crippen molar-refractivity contribution >= 4 is 5.96 Å². The van der Waals surface area contributed by atoms with Crippen LogP contribution in [0.1, 0.15) is 6.92 Å². The monoisotopic (exact) mass is 161 g/mol. The molecule has 0 atom stereocenters. The van der Waals surface area contributed by atoms with E-state index in [4.69, 9.17) is 15.9 Å². The van der Waals surface area contributed by atoms with Crippen LogP contribution in [0, 0.1) is 0 Å². The molecule has 0 aliphatic heterocycles. The van der Waals surface area contributed by atoms with Crippen molar-refractivity contribution in [2.24, 2.45) is 10.7 Å². The second kappa shape index (κ2) is 5.94. The summed E-state index contributed by atoms with van der Waals surface area (Å²) in [5.74, 6) is 0.251. The second-order valence-electron chi connectivity index (χ2n) is 2.07. The van der Waals surface area contributed by atoms with Gasteiger partial charge in [0.1, 0.15) is 0 Å². The molecule has 66 valence electrons.